The van der Waals surface area contributed by atoms with Crippen LogP contribution in [0, 0.1) is 27.7 Å². The van der Waals surface area contributed by atoms with Crippen LogP contribution in [-0.4, -0.2) is 22.0 Å². The normalized spacial score (nSPS) is 13.5. The van der Waals surface area contributed by atoms with Gasteiger partial charge >= 0.3 is 6.03 Å². The first kappa shape index (κ1) is 19.2. The SMILES string of the molecule is Cc1ccc(NC(=O)N2CCc3c(c(=O)c4cc(C)cc(C)c4n3C)C2)c(C)c1. The van der Waals surface area contributed by atoms with E-state index in [1.54, 1.807) is 4.90 Å². The second-order valence-electron chi connectivity index (χ2n) is 8.21. The molecule has 1 aromatic heterocycles. The van der Waals surface area contributed by atoms with Gasteiger partial charge in [-0.15, -0.1) is 0 Å². The van der Waals surface area contributed by atoms with Crippen LogP contribution < -0.4 is 10.7 Å². The maximum atomic E-state index is 13.3. The van der Waals surface area contributed by atoms with Crippen molar-refractivity contribution in [2.45, 2.75) is 40.7 Å². The third-order valence-electron chi connectivity index (χ3n) is 5.93. The molecule has 3 aromatic rings. The monoisotopic (exact) mass is 389 g/mol. The van der Waals surface area contributed by atoms with Crippen molar-refractivity contribution in [2.75, 3.05) is 11.9 Å². The summed E-state index contributed by atoms with van der Waals surface area (Å²) in [6.45, 7) is 9.00. The highest BCUT2D eigenvalue weighted by atomic mass is 16.2. The molecule has 150 valence electrons. The van der Waals surface area contributed by atoms with Crippen molar-refractivity contribution >= 4 is 22.6 Å². The van der Waals surface area contributed by atoms with Gasteiger partial charge in [0.1, 0.15) is 0 Å². The molecule has 1 aliphatic rings. The first-order chi connectivity index (χ1) is 13.8. The van der Waals surface area contributed by atoms with Crippen molar-refractivity contribution in [3.8, 4) is 0 Å². The number of nitrogens with one attached hydrogen (secondary N) is 1. The van der Waals surface area contributed by atoms with Gasteiger partial charge in [-0.1, -0.05) is 23.8 Å². The van der Waals surface area contributed by atoms with Gasteiger partial charge in [-0.2, -0.15) is 0 Å². The van der Waals surface area contributed by atoms with Crippen LogP contribution in [0.5, 0.6) is 0 Å². The summed E-state index contributed by atoms with van der Waals surface area (Å²) in [6, 6.07) is 9.87. The minimum absolute atomic E-state index is 0.0453. The number of benzene rings is 2. The van der Waals surface area contributed by atoms with E-state index in [4.69, 9.17) is 0 Å². The second kappa shape index (κ2) is 7.07. The number of nitrogens with zero attached hydrogens (tertiary/aromatic N) is 2. The van der Waals surface area contributed by atoms with E-state index >= 15 is 0 Å². The van der Waals surface area contributed by atoms with Crippen LogP contribution in [0.3, 0.4) is 0 Å². The molecule has 0 bridgehead atoms. The Morgan fingerprint density at radius 1 is 1.00 bits per heavy atom. The molecule has 0 fully saturated rings. The van der Waals surface area contributed by atoms with E-state index in [0.717, 1.165) is 50.1 Å². The van der Waals surface area contributed by atoms with Gasteiger partial charge in [0, 0.05) is 42.3 Å². The molecule has 1 aliphatic heterocycles. The Bertz CT molecular complexity index is 1210. The van der Waals surface area contributed by atoms with Gasteiger partial charge in [0.05, 0.1) is 12.1 Å². The predicted molar refractivity (Wildman–Crippen MR) is 118 cm³/mol. The number of urea groups is 1. The van der Waals surface area contributed by atoms with Gasteiger partial charge < -0.3 is 14.8 Å². The number of hydrogen-bond donors (Lipinski definition) is 1. The zero-order valence-electron chi connectivity index (χ0n) is 17.7. The average molecular weight is 389 g/mol. The third kappa shape index (κ3) is 3.31. The fourth-order valence-corrected chi connectivity index (χ4v) is 4.52. The number of aryl methyl sites for hydroxylation is 5. The molecule has 0 atom stereocenters. The lowest BCUT2D eigenvalue weighted by molar-refractivity contribution is 0.205. The summed E-state index contributed by atoms with van der Waals surface area (Å²) < 4.78 is 2.14. The van der Waals surface area contributed by atoms with E-state index in [1.807, 2.05) is 59.0 Å². The molecule has 0 radical (unpaired) electrons. The smallest absolute Gasteiger partial charge is 0.322 e. The molecule has 29 heavy (non-hydrogen) atoms. The summed E-state index contributed by atoms with van der Waals surface area (Å²) in [6.07, 6.45) is 0.671. The molecule has 5 heteroatoms. The topological polar surface area (TPSA) is 54.3 Å². The maximum absolute atomic E-state index is 13.3. The first-order valence-electron chi connectivity index (χ1n) is 10.0. The minimum Gasteiger partial charge on any atom is -0.347 e. The average Bonchev–Trinajstić information content (AvgIpc) is 2.67. The molecule has 5 nitrogen and oxygen atoms in total. The maximum Gasteiger partial charge on any atom is 0.322 e. The number of amides is 2. The van der Waals surface area contributed by atoms with E-state index in [1.165, 1.54) is 0 Å². The highest BCUT2D eigenvalue weighted by molar-refractivity contribution is 5.90. The van der Waals surface area contributed by atoms with E-state index in [-0.39, 0.29) is 11.5 Å². The standard InChI is InChI=1S/C24H27N3O2/c1-14-6-7-20(16(3)10-14)25-24(29)27-9-8-21-19(13-27)23(28)18-12-15(2)11-17(4)22(18)26(21)5/h6-7,10-12H,8-9,13H2,1-5H3,(H,25,29). The van der Waals surface area contributed by atoms with Gasteiger partial charge in [-0.05, 0) is 56.5 Å². The van der Waals surface area contributed by atoms with Gasteiger partial charge in [0.15, 0.2) is 5.43 Å². The number of anilines is 1. The molecule has 2 aromatic carbocycles. The molecular formula is C24H27N3O2. The minimum atomic E-state index is -0.162. The quantitative estimate of drug-likeness (QED) is 0.672. The summed E-state index contributed by atoms with van der Waals surface area (Å²) in [5, 5.41) is 3.74. The van der Waals surface area contributed by atoms with Crippen molar-refractivity contribution in [3.63, 3.8) is 0 Å². The lowest BCUT2D eigenvalue weighted by Gasteiger charge is -2.31. The summed E-state index contributed by atoms with van der Waals surface area (Å²) >= 11 is 0. The molecule has 0 aliphatic carbocycles. The summed E-state index contributed by atoms with van der Waals surface area (Å²) in [7, 11) is 2.02. The van der Waals surface area contributed by atoms with Crippen molar-refractivity contribution in [1.82, 2.24) is 9.47 Å². The van der Waals surface area contributed by atoms with Crippen molar-refractivity contribution in [3.05, 3.63) is 74.1 Å². The van der Waals surface area contributed by atoms with Crippen LogP contribution in [-0.2, 0) is 20.0 Å². The number of hydrogen-bond acceptors (Lipinski definition) is 2. The number of pyridine rings is 1. The van der Waals surface area contributed by atoms with Crippen LogP contribution in [0.4, 0.5) is 10.5 Å². The van der Waals surface area contributed by atoms with E-state index < -0.39 is 0 Å². The largest absolute Gasteiger partial charge is 0.347 e. The number of carbonyl (C=O) groups excluding carboxylic acids is 1. The Kier molecular flexibility index (Phi) is 4.69. The molecule has 0 unspecified atom stereocenters. The number of fused-ring (bicyclic) bond motifs is 2. The number of aromatic nitrogens is 1. The fourth-order valence-electron chi connectivity index (χ4n) is 4.52. The Morgan fingerprint density at radius 3 is 2.45 bits per heavy atom. The summed E-state index contributed by atoms with van der Waals surface area (Å²) in [4.78, 5) is 27.9. The van der Waals surface area contributed by atoms with Crippen LogP contribution >= 0.6 is 0 Å². The van der Waals surface area contributed by atoms with Crippen LogP contribution in [0.25, 0.3) is 10.9 Å². The molecular weight excluding hydrogens is 362 g/mol. The van der Waals surface area contributed by atoms with Gasteiger partial charge in [0.25, 0.3) is 0 Å². The highest BCUT2D eigenvalue weighted by Crippen LogP contribution is 2.25. The van der Waals surface area contributed by atoms with Gasteiger partial charge in [0.2, 0.25) is 0 Å². The Labute approximate surface area is 171 Å². The van der Waals surface area contributed by atoms with Crippen LogP contribution in [0.15, 0.2) is 35.1 Å². The molecule has 0 saturated carbocycles. The lowest BCUT2D eigenvalue weighted by Crippen LogP contribution is -2.42. The molecule has 2 heterocycles. The Balaban J connectivity index is 1.69. The highest BCUT2D eigenvalue weighted by Gasteiger charge is 2.26. The molecule has 4 rings (SSSR count). The Morgan fingerprint density at radius 2 is 1.72 bits per heavy atom. The molecule has 0 saturated heterocycles. The first-order valence-corrected chi connectivity index (χ1v) is 10.0. The van der Waals surface area contributed by atoms with Crippen molar-refractivity contribution in [2.24, 2.45) is 7.05 Å². The molecule has 0 spiro atoms. The molecule has 2 amide bonds. The van der Waals surface area contributed by atoms with E-state index in [9.17, 15) is 9.59 Å². The molecule has 1 N–H and O–H groups in total. The zero-order valence-corrected chi connectivity index (χ0v) is 17.7. The zero-order chi connectivity index (χ0) is 20.9. The second-order valence-corrected chi connectivity index (χ2v) is 8.21. The lowest BCUT2D eigenvalue weighted by atomic mass is 9.98. The van der Waals surface area contributed by atoms with E-state index in [0.29, 0.717) is 19.5 Å². The van der Waals surface area contributed by atoms with Gasteiger partial charge in [-0.3, -0.25) is 4.79 Å². The Hall–Kier alpha value is -3.08. The summed E-state index contributed by atoms with van der Waals surface area (Å²) in [5.74, 6) is 0. The predicted octanol–water partition coefficient (Wildman–Crippen LogP) is 4.36. The summed E-state index contributed by atoms with van der Waals surface area (Å²) in [5.41, 5.74) is 7.99. The fraction of sp³-hybridized carbons (Fsp3) is 0.333. The van der Waals surface area contributed by atoms with Crippen molar-refractivity contribution in [1.29, 1.82) is 0 Å². The van der Waals surface area contributed by atoms with Crippen molar-refractivity contribution < 1.29 is 4.79 Å². The van der Waals surface area contributed by atoms with Crippen LogP contribution in [0.2, 0.25) is 0 Å². The van der Waals surface area contributed by atoms with E-state index in [2.05, 4.69) is 16.0 Å². The van der Waals surface area contributed by atoms with Crippen LogP contribution in [0.1, 0.15) is 33.5 Å². The number of carbonyl (C=O) groups is 1. The number of rotatable bonds is 1. The van der Waals surface area contributed by atoms with Gasteiger partial charge in [-0.25, -0.2) is 4.79 Å². The third-order valence-corrected chi connectivity index (χ3v) is 5.93.